The minimum Gasteiger partial charge on any atom is -0.503 e. The van der Waals surface area contributed by atoms with E-state index in [2.05, 4.69) is 4.90 Å². The first-order valence-corrected chi connectivity index (χ1v) is 7.06. The van der Waals surface area contributed by atoms with E-state index >= 15 is 0 Å². The average Bonchev–Trinajstić information content (AvgIpc) is 2.47. The van der Waals surface area contributed by atoms with Gasteiger partial charge >= 0.3 is 0 Å². The van der Waals surface area contributed by atoms with Gasteiger partial charge in [-0.3, -0.25) is 9.69 Å². The summed E-state index contributed by atoms with van der Waals surface area (Å²) in [4.78, 5) is 13.9. The SMILES string of the molecule is O=c1cc(CO)n(CCO)c(CN2CCCCC2)c1O. The molecule has 1 fully saturated rings. The number of aromatic hydroxyl groups is 1. The summed E-state index contributed by atoms with van der Waals surface area (Å²) in [5.74, 6) is -0.277. The molecule has 3 N–H and O–H groups in total. The maximum Gasteiger partial charge on any atom is 0.223 e. The second kappa shape index (κ2) is 6.88. The van der Waals surface area contributed by atoms with Crippen LogP contribution in [0, 0.1) is 0 Å². The fraction of sp³-hybridized carbons (Fsp3) is 0.643. The minimum absolute atomic E-state index is 0.109. The number of pyridine rings is 1. The molecule has 1 aliphatic heterocycles. The van der Waals surface area contributed by atoms with E-state index in [1.807, 2.05) is 0 Å². The highest BCUT2D eigenvalue weighted by molar-refractivity contribution is 5.30. The number of aliphatic hydroxyl groups excluding tert-OH is 2. The van der Waals surface area contributed by atoms with E-state index in [9.17, 15) is 15.0 Å². The standard InChI is InChI=1S/C14H22N2O4/c17-7-6-16-11(10-18)8-13(19)14(20)12(16)9-15-4-2-1-3-5-15/h8,17-18,20H,1-7,9-10H2. The molecule has 2 heterocycles. The van der Waals surface area contributed by atoms with Crippen LogP contribution in [0.2, 0.25) is 0 Å². The van der Waals surface area contributed by atoms with Crippen molar-refractivity contribution in [2.75, 3.05) is 19.7 Å². The first kappa shape index (κ1) is 15.0. The van der Waals surface area contributed by atoms with Crippen LogP contribution in [0.25, 0.3) is 0 Å². The number of hydrogen-bond acceptors (Lipinski definition) is 5. The van der Waals surface area contributed by atoms with Crippen LogP contribution in [0.1, 0.15) is 30.7 Å². The van der Waals surface area contributed by atoms with Gasteiger partial charge in [0.05, 0.1) is 18.9 Å². The topological polar surface area (TPSA) is 85.9 Å². The second-order valence-electron chi connectivity index (χ2n) is 5.17. The summed E-state index contributed by atoms with van der Waals surface area (Å²) >= 11 is 0. The van der Waals surface area contributed by atoms with Crippen molar-refractivity contribution in [1.82, 2.24) is 9.47 Å². The molecule has 0 atom stereocenters. The molecule has 6 heteroatoms. The predicted octanol–water partition coefficient (Wildman–Crippen LogP) is 0.0244. The number of rotatable bonds is 5. The average molecular weight is 282 g/mol. The van der Waals surface area contributed by atoms with Gasteiger partial charge in [0.15, 0.2) is 5.75 Å². The molecule has 0 saturated carbocycles. The Morgan fingerprint density at radius 2 is 1.85 bits per heavy atom. The van der Waals surface area contributed by atoms with E-state index in [1.54, 1.807) is 4.57 Å². The Balaban J connectivity index is 2.36. The Labute approximate surface area is 117 Å². The van der Waals surface area contributed by atoms with Crippen molar-refractivity contribution < 1.29 is 15.3 Å². The molecule has 6 nitrogen and oxygen atoms in total. The van der Waals surface area contributed by atoms with Crippen LogP contribution in [-0.4, -0.2) is 44.5 Å². The van der Waals surface area contributed by atoms with Gasteiger partial charge in [0.25, 0.3) is 0 Å². The molecule has 0 unspecified atom stereocenters. The number of hydrogen-bond donors (Lipinski definition) is 3. The van der Waals surface area contributed by atoms with E-state index in [0.717, 1.165) is 25.9 Å². The molecule has 0 amide bonds. The van der Waals surface area contributed by atoms with Crippen molar-refractivity contribution in [2.24, 2.45) is 0 Å². The lowest BCUT2D eigenvalue weighted by Gasteiger charge is -2.28. The summed E-state index contributed by atoms with van der Waals surface area (Å²) in [5.41, 5.74) is 0.432. The first-order valence-electron chi connectivity index (χ1n) is 7.06. The van der Waals surface area contributed by atoms with Crippen molar-refractivity contribution in [1.29, 1.82) is 0 Å². The van der Waals surface area contributed by atoms with Gasteiger partial charge in [-0.25, -0.2) is 0 Å². The number of likely N-dealkylation sites (tertiary alicyclic amines) is 1. The smallest absolute Gasteiger partial charge is 0.223 e. The Morgan fingerprint density at radius 3 is 2.45 bits per heavy atom. The summed E-state index contributed by atoms with van der Waals surface area (Å²) in [7, 11) is 0. The highest BCUT2D eigenvalue weighted by Gasteiger charge is 2.18. The lowest BCUT2D eigenvalue weighted by Crippen LogP contribution is -2.32. The maximum atomic E-state index is 11.8. The van der Waals surface area contributed by atoms with Crippen LogP contribution < -0.4 is 5.43 Å². The molecule has 0 aromatic carbocycles. The summed E-state index contributed by atoms with van der Waals surface area (Å²) in [6.07, 6.45) is 3.44. The number of nitrogens with zero attached hydrogens (tertiary/aromatic N) is 2. The molecule has 0 bridgehead atoms. The highest BCUT2D eigenvalue weighted by atomic mass is 16.3. The second-order valence-corrected chi connectivity index (χ2v) is 5.17. The Morgan fingerprint density at radius 1 is 1.15 bits per heavy atom. The molecule has 1 saturated heterocycles. The number of aliphatic hydroxyl groups is 2. The first-order chi connectivity index (χ1) is 9.67. The zero-order valence-electron chi connectivity index (χ0n) is 11.6. The minimum atomic E-state index is -0.477. The summed E-state index contributed by atoms with van der Waals surface area (Å²) in [6, 6.07) is 1.23. The van der Waals surface area contributed by atoms with E-state index in [4.69, 9.17) is 5.11 Å². The fourth-order valence-corrected chi connectivity index (χ4v) is 2.74. The van der Waals surface area contributed by atoms with E-state index in [1.165, 1.54) is 12.5 Å². The zero-order chi connectivity index (χ0) is 14.5. The van der Waals surface area contributed by atoms with Crippen LogP contribution in [0.3, 0.4) is 0 Å². The largest absolute Gasteiger partial charge is 0.503 e. The normalized spacial score (nSPS) is 16.5. The van der Waals surface area contributed by atoms with Gasteiger partial charge in [0.1, 0.15) is 0 Å². The fourth-order valence-electron chi connectivity index (χ4n) is 2.74. The van der Waals surface area contributed by atoms with Crippen LogP contribution >= 0.6 is 0 Å². The molecule has 1 aromatic heterocycles. The van der Waals surface area contributed by atoms with E-state index in [-0.39, 0.29) is 25.5 Å². The Hall–Kier alpha value is -1.37. The molecule has 0 radical (unpaired) electrons. The van der Waals surface area contributed by atoms with Crippen molar-refractivity contribution >= 4 is 0 Å². The molecule has 1 aliphatic rings. The Kier molecular flexibility index (Phi) is 5.17. The molecule has 1 aromatic rings. The molecule has 20 heavy (non-hydrogen) atoms. The lowest BCUT2D eigenvalue weighted by molar-refractivity contribution is 0.203. The molecule has 0 aliphatic carbocycles. The Bertz CT molecular complexity index is 507. The monoisotopic (exact) mass is 282 g/mol. The maximum absolute atomic E-state index is 11.8. The molecular weight excluding hydrogens is 260 g/mol. The van der Waals surface area contributed by atoms with Gasteiger partial charge in [0, 0.05) is 24.8 Å². The van der Waals surface area contributed by atoms with E-state index < -0.39 is 5.43 Å². The molecule has 2 rings (SSSR count). The third kappa shape index (κ3) is 3.20. The van der Waals surface area contributed by atoms with Gasteiger partial charge < -0.3 is 19.9 Å². The van der Waals surface area contributed by atoms with Crippen molar-refractivity contribution in [2.45, 2.75) is 39.0 Å². The zero-order valence-corrected chi connectivity index (χ0v) is 11.6. The van der Waals surface area contributed by atoms with Crippen LogP contribution in [0.5, 0.6) is 5.75 Å². The lowest BCUT2D eigenvalue weighted by atomic mass is 10.1. The van der Waals surface area contributed by atoms with Gasteiger partial charge in [-0.05, 0) is 25.9 Å². The summed E-state index contributed by atoms with van der Waals surface area (Å²) in [6.45, 7) is 2.21. The third-order valence-corrected chi connectivity index (χ3v) is 3.78. The van der Waals surface area contributed by atoms with E-state index in [0.29, 0.717) is 17.9 Å². The van der Waals surface area contributed by atoms with Crippen molar-refractivity contribution in [3.8, 4) is 5.75 Å². The van der Waals surface area contributed by atoms with Crippen molar-refractivity contribution in [3.05, 3.63) is 27.7 Å². The van der Waals surface area contributed by atoms with Crippen molar-refractivity contribution in [3.63, 3.8) is 0 Å². The number of aromatic nitrogens is 1. The quantitative estimate of drug-likeness (QED) is 0.709. The summed E-state index contributed by atoms with van der Waals surface area (Å²) in [5, 5.41) is 28.5. The van der Waals surface area contributed by atoms with Crippen LogP contribution in [0.15, 0.2) is 10.9 Å². The van der Waals surface area contributed by atoms with Gasteiger partial charge in [-0.1, -0.05) is 6.42 Å². The van der Waals surface area contributed by atoms with Crippen LogP contribution in [0.4, 0.5) is 0 Å². The van der Waals surface area contributed by atoms with Crippen LogP contribution in [-0.2, 0) is 19.7 Å². The third-order valence-electron chi connectivity index (χ3n) is 3.78. The van der Waals surface area contributed by atoms with Gasteiger partial charge in [-0.2, -0.15) is 0 Å². The summed E-state index contributed by atoms with van der Waals surface area (Å²) < 4.78 is 1.64. The van der Waals surface area contributed by atoms with Gasteiger partial charge in [-0.15, -0.1) is 0 Å². The highest BCUT2D eigenvalue weighted by Crippen LogP contribution is 2.19. The predicted molar refractivity (Wildman–Crippen MR) is 74.5 cm³/mol. The molecular formula is C14H22N2O4. The molecule has 0 spiro atoms. The number of piperidine rings is 1. The van der Waals surface area contributed by atoms with Gasteiger partial charge in [0.2, 0.25) is 5.43 Å². The molecule has 112 valence electrons.